The number of amides is 1. The number of hydrogen-bond donors (Lipinski definition) is 1. The lowest BCUT2D eigenvalue weighted by atomic mass is 9.81. The SMILES string of the molecule is CN1CCC(CN(C)C(=O)C2CCC(C(=O)O)CC2)C1. The van der Waals surface area contributed by atoms with Crippen LogP contribution in [0.25, 0.3) is 0 Å². The van der Waals surface area contributed by atoms with E-state index < -0.39 is 5.97 Å². The highest BCUT2D eigenvalue weighted by Crippen LogP contribution is 2.30. The average molecular weight is 282 g/mol. The monoisotopic (exact) mass is 282 g/mol. The molecule has 0 aromatic heterocycles. The van der Waals surface area contributed by atoms with Gasteiger partial charge in [0.1, 0.15) is 0 Å². The van der Waals surface area contributed by atoms with E-state index in [9.17, 15) is 9.59 Å². The van der Waals surface area contributed by atoms with Crippen LogP contribution in [0.3, 0.4) is 0 Å². The number of aliphatic carboxylic acids is 1. The third-order valence-electron chi connectivity index (χ3n) is 4.82. The van der Waals surface area contributed by atoms with Crippen molar-refractivity contribution in [2.45, 2.75) is 32.1 Å². The summed E-state index contributed by atoms with van der Waals surface area (Å²) in [6.07, 6.45) is 3.91. The molecule has 1 atom stereocenters. The third-order valence-corrected chi connectivity index (χ3v) is 4.82. The molecule has 1 heterocycles. The van der Waals surface area contributed by atoms with Crippen molar-refractivity contribution >= 4 is 11.9 Å². The topological polar surface area (TPSA) is 60.9 Å². The second-order valence-electron chi connectivity index (χ2n) is 6.52. The molecule has 1 saturated heterocycles. The van der Waals surface area contributed by atoms with Crippen molar-refractivity contribution < 1.29 is 14.7 Å². The van der Waals surface area contributed by atoms with Gasteiger partial charge in [0.05, 0.1) is 5.92 Å². The Labute approximate surface area is 120 Å². The van der Waals surface area contributed by atoms with Crippen LogP contribution in [0.4, 0.5) is 0 Å². The first-order valence-corrected chi connectivity index (χ1v) is 7.63. The molecule has 1 N–H and O–H groups in total. The Kier molecular flexibility index (Phi) is 5.02. The molecule has 0 aromatic rings. The third kappa shape index (κ3) is 3.72. The van der Waals surface area contributed by atoms with Gasteiger partial charge < -0.3 is 14.9 Å². The summed E-state index contributed by atoms with van der Waals surface area (Å²) in [4.78, 5) is 27.5. The van der Waals surface area contributed by atoms with Gasteiger partial charge in [-0.1, -0.05) is 0 Å². The Bertz CT molecular complexity index is 364. The summed E-state index contributed by atoms with van der Waals surface area (Å²) in [5, 5.41) is 8.99. The molecule has 2 aliphatic rings. The number of rotatable bonds is 4. The summed E-state index contributed by atoms with van der Waals surface area (Å²) in [6, 6.07) is 0. The van der Waals surface area contributed by atoms with Gasteiger partial charge in [-0.2, -0.15) is 0 Å². The van der Waals surface area contributed by atoms with Crippen LogP contribution < -0.4 is 0 Å². The molecular formula is C15H26N2O3. The zero-order valence-corrected chi connectivity index (χ0v) is 12.5. The number of hydrogen-bond acceptors (Lipinski definition) is 3. The Morgan fingerprint density at radius 3 is 2.25 bits per heavy atom. The molecular weight excluding hydrogens is 256 g/mol. The lowest BCUT2D eigenvalue weighted by molar-refractivity contribution is -0.145. The second kappa shape index (κ2) is 6.57. The second-order valence-corrected chi connectivity index (χ2v) is 6.52. The summed E-state index contributed by atoms with van der Waals surface area (Å²) in [7, 11) is 4.01. The first kappa shape index (κ1) is 15.3. The normalized spacial score (nSPS) is 31.2. The van der Waals surface area contributed by atoms with Gasteiger partial charge in [-0.05, 0) is 51.6 Å². The maximum absolute atomic E-state index is 12.4. The van der Waals surface area contributed by atoms with Gasteiger partial charge in [0.2, 0.25) is 5.91 Å². The Morgan fingerprint density at radius 1 is 1.15 bits per heavy atom. The summed E-state index contributed by atoms with van der Waals surface area (Å²) >= 11 is 0. The molecule has 0 spiro atoms. The fourth-order valence-corrected chi connectivity index (χ4v) is 3.55. The molecule has 1 aliphatic heterocycles. The molecule has 2 fully saturated rings. The molecule has 5 nitrogen and oxygen atoms in total. The quantitative estimate of drug-likeness (QED) is 0.844. The van der Waals surface area contributed by atoms with Crippen LogP contribution in [0.1, 0.15) is 32.1 Å². The van der Waals surface area contributed by atoms with Gasteiger partial charge in [0.15, 0.2) is 0 Å². The number of carbonyl (C=O) groups excluding carboxylic acids is 1. The number of carbonyl (C=O) groups is 2. The maximum Gasteiger partial charge on any atom is 0.306 e. The van der Waals surface area contributed by atoms with Crippen LogP contribution in [0, 0.1) is 17.8 Å². The van der Waals surface area contributed by atoms with E-state index in [1.807, 2.05) is 11.9 Å². The predicted molar refractivity (Wildman–Crippen MR) is 76.3 cm³/mol. The predicted octanol–water partition coefficient (Wildman–Crippen LogP) is 1.29. The molecule has 1 unspecified atom stereocenters. The summed E-state index contributed by atoms with van der Waals surface area (Å²) in [6.45, 7) is 3.03. The van der Waals surface area contributed by atoms with Crippen LogP contribution in [0.15, 0.2) is 0 Å². The van der Waals surface area contributed by atoms with Crippen molar-refractivity contribution in [2.75, 3.05) is 33.7 Å². The molecule has 0 radical (unpaired) electrons. The fourth-order valence-electron chi connectivity index (χ4n) is 3.55. The number of nitrogens with zero attached hydrogens (tertiary/aromatic N) is 2. The molecule has 0 bridgehead atoms. The first-order chi connectivity index (χ1) is 9.47. The van der Waals surface area contributed by atoms with Crippen LogP contribution in [0.5, 0.6) is 0 Å². The zero-order valence-electron chi connectivity index (χ0n) is 12.5. The van der Waals surface area contributed by atoms with Crippen molar-refractivity contribution in [1.29, 1.82) is 0 Å². The van der Waals surface area contributed by atoms with E-state index in [1.165, 1.54) is 6.42 Å². The van der Waals surface area contributed by atoms with E-state index in [0.29, 0.717) is 18.8 Å². The number of carboxylic acids is 1. The van der Waals surface area contributed by atoms with Gasteiger partial charge in [0, 0.05) is 26.1 Å². The van der Waals surface area contributed by atoms with E-state index in [2.05, 4.69) is 11.9 Å². The summed E-state index contributed by atoms with van der Waals surface area (Å²) in [5.74, 6) is -0.117. The molecule has 1 aliphatic carbocycles. The molecule has 2 rings (SSSR count). The van der Waals surface area contributed by atoms with Gasteiger partial charge in [0.25, 0.3) is 0 Å². The fraction of sp³-hybridized carbons (Fsp3) is 0.867. The number of carboxylic acid groups (broad SMARTS) is 1. The van der Waals surface area contributed by atoms with Crippen molar-refractivity contribution in [3.63, 3.8) is 0 Å². The molecule has 20 heavy (non-hydrogen) atoms. The lowest BCUT2D eigenvalue weighted by Crippen LogP contribution is -2.38. The van der Waals surface area contributed by atoms with Gasteiger partial charge >= 0.3 is 5.97 Å². The highest BCUT2D eigenvalue weighted by atomic mass is 16.4. The largest absolute Gasteiger partial charge is 0.481 e. The molecule has 0 aromatic carbocycles. The maximum atomic E-state index is 12.4. The lowest BCUT2D eigenvalue weighted by Gasteiger charge is -2.30. The Balaban J connectivity index is 1.78. The molecule has 114 valence electrons. The van der Waals surface area contributed by atoms with Crippen LogP contribution in [-0.4, -0.2) is 60.5 Å². The minimum absolute atomic E-state index is 0.0368. The minimum Gasteiger partial charge on any atom is -0.481 e. The van der Waals surface area contributed by atoms with Gasteiger partial charge in [-0.25, -0.2) is 0 Å². The zero-order chi connectivity index (χ0) is 14.7. The summed E-state index contributed by atoms with van der Waals surface area (Å²) < 4.78 is 0. The standard InChI is InChI=1S/C15H26N2O3/c1-16-8-7-11(9-16)10-17(2)14(18)12-3-5-13(6-4-12)15(19)20/h11-13H,3-10H2,1-2H3,(H,19,20). The van der Waals surface area contributed by atoms with E-state index in [4.69, 9.17) is 5.11 Å². The van der Waals surface area contributed by atoms with Crippen molar-refractivity contribution in [2.24, 2.45) is 17.8 Å². The minimum atomic E-state index is -0.710. The summed E-state index contributed by atoms with van der Waals surface area (Å²) in [5.41, 5.74) is 0. The molecule has 5 heteroatoms. The van der Waals surface area contributed by atoms with Gasteiger partial charge in [-0.15, -0.1) is 0 Å². The van der Waals surface area contributed by atoms with E-state index in [0.717, 1.165) is 32.5 Å². The van der Waals surface area contributed by atoms with Crippen LogP contribution >= 0.6 is 0 Å². The van der Waals surface area contributed by atoms with Crippen LogP contribution in [-0.2, 0) is 9.59 Å². The van der Waals surface area contributed by atoms with E-state index in [1.54, 1.807) is 0 Å². The average Bonchev–Trinajstić information content (AvgIpc) is 2.83. The Hall–Kier alpha value is -1.10. The smallest absolute Gasteiger partial charge is 0.306 e. The van der Waals surface area contributed by atoms with Crippen molar-refractivity contribution in [3.05, 3.63) is 0 Å². The number of likely N-dealkylation sites (tertiary alicyclic amines) is 1. The Morgan fingerprint density at radius 2 is 1.75 bits per heavy atom. The van der Waals surface area contributed by atoms with E-state index >= 15 is 0 Å². The van der Waals surface area contributed by atoms with Crippen molar-refractivity contribution in [1.82, 2.24) is 9.80 Å². The first-order valence-electron chi connectivity index (χ1n) is 7.63. The van der Waals surface area contributed by atoms with Gasteiger partial charge in [-0.3, -0.25) is 9.59 Å². The van der Waals surface area contributed by atoms with E-state index in [-0.39, 0.29) is 17.7 Å². The molecule has 1 amide bonds. The molecule has 1 saturated carbocycles. The highest BCUT2D eigenvalue weighted by molar-refractivity contribution is 5.79. The van der Waals surface area contributed by atoms with Crippen molar-refractivity contribution in [3.8, 4) is 0 Å². The highest BCUT2D eigenvalue weighted by Gasteiger charge is 2.32. The van der Waals surface area contributed by atoms with Crippen LogP contribution in [0.2, 0.25) is 0 Å².